The first-order valence-corrected chi connectivity index (χ1v) is 6.65. The number of anilines is 1. The van der Waals surface area contributed by atoms with E-state index in [1.165, 1.54) is 0 Å². The van der Waals surface area contributed by atoms with Crippen LogP contribution >= 0.6 is 0 Å². The maximum Gasteiger partial charge on any atom is 0.319 e. The summed E-state index contributed by atoms with van der Waals surface area (Å²) in [6.45, 7) is 1.43. The van der Waals surface area contributed by atoms with Crippen molar-refractivity contribution in [2.75, 3.05) is 25.5 Å². The van der Waals surface area contributed by atoms with E-state index in [0.717, 1.165) is 43.7 Å². The number of benzene rings is 1. The third kappa shape index (κ3) is 6.67. The van der Waals surface area contributed by atoms with Gasteiger partial charge < -0.3 is 21.1 Å². The first-order chi connectivity index (χ1) is 9.26. The van der Waals surface area contributed by atoms with E-state index >= 15 is 0 Å². The molecule has 0 bridgehead atoms. The van der Waals surface area contributed by atoms with Crippen molar-refractivity contribution >= 4 is 11.7 Å². The van der Waals surface area contributed by atoms with Crippen LogP contribution in [0.3, 0.4) is 0 Å². The van der Waals surface area contributed by atoms with Crippen molar-refractivity contribution in [3.05, 3.63) is 24.3 Å². The molecular weight excluding hydrogens is 242 g/mol. The quantitative estimate of drug-likeness (QED) is 0.631. The molecule has 0 saturated heterocycles. The van der Waals surface area contributed by atoms with Gasteiger partial charge in [0, 0.05) is 12.2 Å². The summed E-state index contributed by atoms with van der Waals surface area (Å²) in [4.78, 5) is 11.6. The zero-order valence-corrected chi connectivity index (χ0v) is 11.4. The summed E-state index contributed by atoms with van der Waals surface area (Å²) in [5, 5.41) is 5.59. The molecular formula is C14H23N3O2. The molecule has 0 aliphatic heterocycles. The van der Waals surface area contributed by atoms with Crippen molar-refractivity contribution in [2.45, 2.75) is 25.7 Å². The van der Waals surface area contributed by atoms with Gasteiger partial charge in [-0.15, -0.1) is 0 Å². The number of hydrogen-bond acceptors (Lipinski definition) is 3. The predicted molar refractivity (Wildman–Crippen MR) is 77.5 cm³/mol. The Labute approximate surface area is 114 Å². The minimum absolute atomic E-state index is 0.177. The summed E-state index contributed by atoms with van der Waals surface area (Å²) < 4.78 is 5.05. The van der Waals surface area contributed by atoms with Gasteiger partial charge in [-0.1, -0.05) is 12.8 Å². The average Bonchev–Trinajstić information content (AvgIpc) is 2.43. The maximum absolute atomic E-state index is 11.6. The number of unbranched alkanes of at least 4 members (excludes halogenated alkanes) is 3. The Bertz CT molecular complexity index is 365. The predicted octanol–water partition coefficient (Wildman–Crippen LogP) is 2.34. The van der Waals surface area contributed by atoms with Crippen LogP contribution in [0.4, 0.5) is 10.5 Å². The van der Waals surface area contributed by atoms with Crippen molar-refractivity contribution in [1.29, 1.82) is 0 Å². The van der Waals surface area contributed by atoms with Crippen LogP contribution in [0.5, 0.6) is 5.75 Å². The van der Waals surface area contributed by atoms with E-state index in [9.17, 15) is 4.79 Å². The Hall–Kier alpha value is -1.75. The van der Waals surface area contributed by atoms with Crippen molar-refractivity contribution in [3.63, 3.8) is 0 Å². The molecule has 0 saturated carbocycles. The molecule has 1 aromatic carbocycles. The number of nitrogens with one attached hydrogen (secondary N) is 2. The Balaban J connectivity index is 2.16. The zero-order chi connectivity index (χ0) is 13.9. The summed E-state index contributed by atoms with van der Waals surface area (Å²) in [7, 11) is 1.61. The third-order valence-corrected chi connectivity index (χ3v) is 2.76. The van der Waals surface area contributed by atoms with Crippen molar-refractivity contribution < 1.29 is 9.53 Å². The zero-order valence-electron chi connectivity index (χ0n) is 11.4. The van der Waals surface area contributed by atoms with E-state index in [0.29, 0.717) is 6.54 Å². The van der Waals surface area contributed by atoms with E-state index < -0.39 is 0 Å². The molecule has 0 radical (unpaired) electrons. The Morgan fingerprint density at radius 3 is 2.47 bits per heavy atom. The molecule has 0 atom stereocenters. The van der Waals surface area contributed by atoms with Crippen LogP contribution in [-0.4, -0.2) is 26.2 Å². The Kier molecular flexibility index (Phi) is 7.43. The molecule has 0 unspecified atom stereocenters. The number of rotatable bonds is 8. The van der Waals surface area contributed by atoms with Crippen LogP contribution < -0.4 is 21.1 Å². The maximum atomic E-state index is 11.6. The van der Waals surface area contributed by atoms with E-state index in [1.807, 2.05) is 12.1 Å². The largest absolute Gasteiger partial charge is 0.497 e. The highest BCUT2D eigenvalue weighted by Crippen LogP contribution is 2.14. The Morgan fingerprint density at radius 1 is 1.16 bits per heavy atom. The lowest BCUT2D eigenvalue weighted by Gasteiger charge is -2.08. The van der Waals surface area contributed by atoms with Gasteiger partial charge >= 0.3 is 6.03 Å². The fraction of sp³-hybridized carbons (Fsp3) is 0.500. The van der Waals surface area contributed by atoms with Crippen molar-refractivity contribution in [2.24, 2.45) is 5.73 Å². The lowest BCUT2D eigenvalue weighted by atomic mass is 10.2. The molecule has 4 N–H and O–H groups in total. The van der Waals surface area contributed by atoms with E-state index in [2.05, 4.69) is 10.6 Å². The molecule has 0 aliphatic carbocycles. The number of nitrogens with two attached hydrogens (primary N) is 1. The summed E-state index contributed by atoms with van der Waals surface area (Å²) in [6.07, 6.45) is 4.26. The highest BCUT2D eigenvalue weighted by Gasteiger charge is 2.00. The Morgan fingerprint density at radius 2 is 1.84 bits per heavy atom. The molecule has 5 nitrogen and oxygen atoms in total. The fourth-order valence-electron chi connectivity index (χ4n) is 1.67. The number of amides is 2. The van der Waals surface area contributed by atoms with E-state index in [1.54, 1.807) is 19.2 Å². The molecule has 0 aromatic heterocycles. The standard InChI is InChI=1S/C14H23N3O2/c1-19-13-8-6-12(7-9-13)17-14(18)16-11-5-3-2-4-10-15/h6-9H,2-5,10-11,15H2,1H3,(H2,16,17,18). The number of hydrogen-bond donors (Lipinski definition) is 3. The van der Waals surface area contributed by atoms with Crippen LogP contribution in [0.25, 0.3) is 0 Å². The van der Waals surface area contributed by atoms with E-state index in [4.69, 9.17) is 10.5 Å². The van der Waals surface area contributed by atoms with Gasteiger partial charge in [-0.25, -0.2) is 4.79 Å². The van der Waals surface area contributed by atoms with Gasteiger partial charge in [0.15, 0.2) is 0 Å². The molecule has 0 fully saturated rings. The topological polar surface area (TPSA) is 76.4 Å². The lowest BCUT2D eigenvalue weighted by molar-refractivity contribution is 0.252. The molecule has 5 heteroatoms. The smallest absolute Gasteiger partial charge is 0.319 e. The summed E-state index contributed by atoms with van der Waals surface area (Å²) in [6, 6.07) is 7.05. The molecule has 0 aliphatic rings. The van der Waals surface area contributed by atoms with Gasteiger partial charge in [0.2, 0.25) is 0 Å². The van der Waals surface area contributed by atoms with Crippen LogP contribution in [0.15, 0.2) is 24.3 Å². The molecule has 1 rings (SSSR count). The monoisotopic (exact) mass is 265 g/mol. The highest BCUT2D eigenvalue weighted by atomic mass is 16.5. The fourth-order valence-corrected chi connectivity index (χ4v) is 1.67. The number of carbonyl (C=O) groups is 1. The second kappa shape index (κ2) is 9.22. The first kappa shape index (κ1) is 15.3. The van der Waals surface area contributed by atoms with Crippen LogP contribution in [0.2, 0.25) is 0 Å². The van der Waals surface area contributed by atoms with Gasteiger partial charge in [0.25, 0.3) is 0 Å². The number of methoxy groups -OCH3 is 1. The SMILES string of the molecule is COc1ccc(NC(=O)NCCCCCCN)cc1. The normalized spacial score (nSPS) is 10.0. The number of ether oxygens (including phenoxy) is 1. The number of carbonyl (C=O) groups excluding carboxylic acids is 1. The second-order valence-electron chi connectivity index (χ2n) is 4.31. The van der Waals surface area contributed by atoms with Gasteiger partial charge in [0.05, 0.1) is 7.11 Å². The first-order valence-electron chi connectivity index (χ1n) is 6.65. The average molecular weight is 265 g/mol. The van der Waals surface area contributed by atoms with Crippen LogP contribution in [0.1, 0.15) is 25.7 Å². The van der Waals surface area contributed by atoms with Gasteiger partial charge in [-0.05, 0) is 43.7 Å². The summed E-state index contributed by atoms with van der Waals surface area (Å²) in [5.74, 6) is 0.769. The summed E-state index contributed by atoms with van der Waals surface area (Å²) >= 11 is 0. The molecule has 0 spiro atoms. The van der Waals surface area contributed by atoms with Crippen LogP contribution in [0, 0.1) is 0 Å². The van der Waals surface area contributed by atoms with E-state index in [-0.39, 0.29) is 6.03 Å². The van der Waals surface area contributed by atoms with Crippen LogP contribution in [-0.2, 0) is 0 Å². The van der Waals surface area contributed by atoms with Gasteiger partial charge in [-0.3, -0.25) is 0 Å². The minimum atomic E-state index is -0.177. The second-order valence-corrected chi connectivity index (χ2v) is 4.31. The minimum Gasteiger partial charge on any atom is -0.497 e. The lowest BCUT2D eigenvalue weighted by Crippen LogP contribution is -2.29. The number of urea groups is 1. The molecule has 106 valence electrons. The van der Waals surface area contributed by atoms with Gasteiger partial charge in [-0.2, -0.15) is 0 Å². The van der Waals surface area contributed by atoms with Crippen molar-refractivity contribution in [3.8, 4) is 5.75 Å². The van der Waals surface area contributed by atoms with Crippen molar-refractivity contribution in [1.82, 2.24) is 5.32 Å². The summed E-state index contributed by atoms with van der Waals surface area (Å²) in [5.41, 5.74) is 6.16. The van der Waals surface area contributed by atoms with Gasteiger partial charge in [0.1, 0.15) is 5.75 Å². The molecule has 0 heterocycles. The third-order valence-electron chi connectivity index (χ3n) is 2.76. The molecule has 19 heavy (non-hydrogen) atoms. The molecule has 1 aromatic rings. The molecule has 2 amide bonds. The highest BCUT2D eigenvalue weighted by molar-refractivity contribution is 5.89.